The molecule has 0 amide bonds. The molecular formula is C18H24O4S. The van der Waals surface area contributed by atoms with Crippen LogP contribution in [0.2, 0.25) is 0 Å². The summed E-state index contributed by atoms with van der Waals surface area (Å²) in [6, 6.07) is 10.3. The molecule has 5 heteroatoms. The first-order valence-corrected chi connectivity index (χ1v) is 9.61. The van der Waals surface area contributed by atoms with E-state index in [1.165, 1.54) is 12.0 Å². The van der Waals surface area contributed by atoms with Crippen molar-refractivity contribution in [2.24, 2.45) is 0 Å². The molecule has 126 valence electrons. The second-order valence-corrected chi connectivity index (χ2v) is 7.79. The first-order valence-electron chi connectivity index (χ1n) is 8.57. The number of ether oxygens (including phenoxy) is 3. The van der Waals surface area contributed by atoms with Gasteiger partial charge >= 0.3 is 0 Å². The molecule has 4 nitrogen and oxygen atoms in total. The van der Waals surface area contributed by atoms with Gasteiger partial charge in [0.15, 0.2) is 5.79 Å². The smallest absolute Gasteiger partial charge is 0.169 e. The zero-order chi connectivity index (χ0) is 15.7. The molecule has 1 aromatic carbocycles. The average Bonchev–Trinajstić information content (AvgIpc) is 2.94. The van der Waals surface area contributed by atoms with Gasteiger partial charge < -0.3 is 19.3 Å². The van der Waals surface area contributed by atoms with Crippen LogP contribution in [0.25, 0.3) is 0 Å². The SMILES string of the molecule is O[C@@H]1[C@H]2OC3(CCCCC3)O[C@@H]2CO[C@H]1SCc1ccccc1. The fourth-order valence-electron chi connectivity index (χ4n) is 3.78. The van der Waals surface area contributed by atoms with Crippen LogP contribution in [0.4, 0.5) is 0 Å². The van der Waals surface area contributed by atoms with Crippen LogP contribution in [0.15, 0.2) is 30.3 Å². The van der Waals surface area contributed by atoms with E-state index in [-0.39, 0.29) is 17.6 Å². The Hall–Kier alpha value is -0.590. The number of aliphatic hydroxyl groups is 1. The maximum Gasteiger partial charge on any atom is 0.169 e. The quantitative estimate of drug-likeness (QED) is 0.919. The lowest BCUT2D eigenvalue weighted by Crippen LogP contribution is -2.50. The molecule has 1 saturated carbocycles. The van der Waals surface area contributed by atoms with Crippen LogP contribution in [-0.2, 0) is 20.0 Å². The van der Waals surface area contributed by atoms with Crippen LogP contribution in [0.1, 0.15) is 37.7 Å². The van der Waals surface area contributed by atoms with Crippen LogP contribution in [-0.4, -0.2) is 41.2 Å². The molecule has 1 spiro atoms. The normalized spacial score (nSPS) is 36.0. The van der Waals surface area contributed by atoms with Crippen molar-refractivity contribution >= 4 is 11.8 Å². The minimum absolute atomic E-state index is 0.128. The number of aliphatic hydroxyl groups excluding tert-OH is 1. The molecule has 0 aromatic heterocycles. The summed E-state index contributed by atoms with van der Waals surface area (Å²) in [6.07, 6.45) is 4.39. The van der Waals surface area contributed by atoms with E-state index in [0.717, 1.165) is 31.4 Å². The first kappa shape index (κ1) is 15.9. The van der Waals surface area contributed by atoms with Crippen LogP contribution in [0.3, 0.4) is 0 Å². The topological polar surface area (TPSA) is 47.9 Å². The highest BCUT2D eigenvalue weighted by Crippen LogP contribution is 2.44. The summed E-state index contributed by atoms with van der Waals surface area (Å²) in [6.45, 7) is 0.510. The standard InChI is InChI=1S/C18H24O4S/c19-15-16-14(21-18(22-16)9-5-2-6-10-18)11-20-17(15)23-12-13-7-3-1-4-8-13/h1,3-4,7-8,14-17,19H,2,5-6,9-12H2/t14-,15-,16+,17+/m1/s1. The fraction of sp³-hybridized carbons (Fsp3) is 0.667. The van der Waals surface area contributed by atoms with Crippen molar-refractivity contribution in [2.45, 2.75) is 67.4 Å². The number of rotatable bonds is 3. The van der Waals surface area contributed by atoms with E-state index in [2.05, 4.69) is 12.1 Å². The zero-order valence-corrected chi connectivity index (χ0v) is 14.0. The minimum Gasteiger partial charge on any atom is -0.387 e. The number of hydrogen-bond donors (Lipinski definition) is 1. The third kappa shape index (κ3) is 3.30. The number of hydrogen-bond acceptors (Lipinski definition) is 5. The Morgan fingerprint density at radius 2 is 1.87 bits per heavy atom. The summed E-state index contributed by atoms with van der Waals surface area (Å²) >= 11 is 1.63. The van der Waals surface area contributed by atoms with Crippen LogP contribution in [0.5, 0.6) is 0 Å². The molecule has 3 aliphatic rings. The highest BCUT2D eigenvalue weighted by molar-refractivity contribution is 7.99. The van der Waals surface area contributed by atoms with Gasteiger partial charge in [-0.1, -0.05) is 36.8 Å². The van der Waals surface area contributed by atoms with Gasteiger partial charge in [0.1, 0.15) is 23.7 Å². The molecule has 3 fully saturated rings. The maximum atomic E-state index is 10.7. The van der Waals surface area contributed by atoms with Gasteiger partial charge in [-0.2, -0.15) is 0 Å². The molecule has 4 atom stereocenters. The minimum atomic E-state index is -0.635. The molecule has 0 bridgehead atoms. The second kappa shape index (κ2) is 6.73. The molecule has 2 heterocycles. The molecule has 2 saturated heterocycles. The lowest BCUT2D eigenvalue weighted by molar-refractivity contribution is -0.198. The molecule has 4 rings (SSSR count). The Morgan fingerprint density at radius 3 is 2.65 bits per heavy atom. The number of thioether (sulfide) groups is 1. The summed E-state index contributed by atoms with van der Waals surface area (Å²) < 4.78 is 18.2. The third-order valence-electron chi connectivity index (χ3n) is 5.00. The molecule has 2 aliphatic heterocycles. The van der Waals surface area contributed by atoms with Gasteiger partial charge in [0, 0.05) is 18.6 Å². The van der Waals surface area contributed by atoms with Crippen molar-refractivity contribution in [1.29, 1.82) is 0 Å². The Kier molecular flexibility index (Phi) is 4.65. The van der Waals surface area contributed by atoms with Gasteiger partial charge in [0.25, 0.3) is 0 Å². The predicted molar refractivity (Wildman–Crippen MR) is 89.0 cm³/mol. The van der Waals surface area contributed by atoms with Crippen LogP contribution < -0.4 is 0 Å². The molecule has 23 heavy (non-hydrogen) atoms. The van der Waals surface area contributed by atoms with E-state index in [1.807, 2.05) is 18.2 Å². The van der Waals surface area contributed by atoms with Crippen molar-refractivity contribution < 1.29 is 19.3 Å². The third-order valence-corrected chi connectivity index (χ3v) is 6.24. The Morgan fingerprint density at radius 1 is 1.09 bits per heavy atom. The second-order valence-electron chi connectivity index (χ2n) is 6.70. The largest absolute Gasteiger partial charge is 0.387 e. The molecule has 1 N–H and O–H groups in total. The van der Waals surface area contributed by atoms with Crippen molar-refractivity contribution in [3.05, 3.63) is 35.9 Å². The molecule has 1 aliphatic carbocycles. The van der Waals surface area contributed by atoms with Crippen LogP contribution in [0, 0.1) is 0 Å². The highest BCUT2D eigenvalue weighted by Gasteiger charge is 2.54. The van der Waals surface area contributed by atoms with Crippen molar-refractivity contribution in [3.8, 4) is 0 Å². The number of benzene rings is 1. The van der Waals surface area contributed by atoms with Gasteiger partial charge in [0.2, 0.25) is 0 Å². The van der Waals surface area contributed by atoms with E-state index in [4.69, 9.17) is 14.2 Å². The van der Waals surface area contributed by atoms with Gasteiger partial charge in [-0.15, -0.1) is 11.8 Å². The van der Waals surface area contributed by atoms with Crippen molar-refractivity contribution in [3.63, 3.8) is 0 Å². The Labute approximate surface area is 141 Å². The summed E-state index contributed by atoms with van der Waals surface area (Å²) in [5, 5.41) is 10.7. The van der Waals surface area contributed by atoms with Crippen molar-refractivity contribution in [2.75, 3.05) is 6.61 Å². The van der Waals surface area contributed by atoms with Gasteiger partial charge in [0.05, 0.1) is 6.61 Å². The molecule has 0 radical (unpaired) electrons. The summed E-state index contributed by atoms with van der Waals surface area (Å²) in [5.41, 5.74) is 0.988. The van der Waals surface area contributed by atoms with E-state index >= 15 is 0 Å². The lowest BCUT2D eigenvalue weighted by Gasteiger charge is -2.34. The van der Waals surface area contributed by atoms with E-state index < -0.39 is 11.9 Å². The van der Waals surface area contributed by atoms with Crippen LogP contribution >= 0.6 is 11.8 Å². The van der Waals surface area contributed by atoms with Gasteiger partial charge in [-0.25, -0.2) is 0 Å². The Balaban J connectivity index is 1.38. The predicted octanol–water partition coefficient (Wildman–Crippen LogP) is 3.08. The van der Waals surface area contributed by atoms with Crippen molar-refractivity contribution in [1.82, 2.24) is 0 Å². The average molecular weight is 336 g/mol. The Bertz CT molecular complexity index is 517. The van der Waals surface area contributed by atoms with Gasteiger partial charge in [-0.05, 0) is 18.4 Å². The first-order chi connectivity index (χ1) is 11.3. The molecule has 1 aromatic rings. The number of fused-ring (bicyclic) bond motifs is 1. The zero-order valence-electron chi connectivity index (χ0n) is 13.2. The van der Waals surface area contributed by atoms with Gasteiger partial charge in [-0.3, -0.25) is 0 Å². The van der Waals surface area contributed by atoms with E-state index in [1.54, 1.807) is 11.8 Å². The monoisotopic (exact) mass is 336 g/mol. The molecular weight excluding hydrogens is 312 g/mol. The van der Waals surface area contributed by atoms with E-state index in [9.17, 15) is 5.11 Å². The maximum absolute atomic E-state index is 10.7. The summed E-state index contributed by atoms with van der Waals surface area (Å²) in [7, 11) is 0. The highest BCUT2D eigenvalue weighted by atomic mass is 32.2. The van der Waals surface area contributed by atoms with E-state index in [0.29, 0.717) is 6.61 Å². The summed E-state index contributed by atoms with van der Waals surface area (Å²) in [5.74, 6) is 0.364. The fourth-order valence-corrected chi connectivity index (χ4v) is 4.86. The summed E-state index contributed by atoms with van der Waals surface area (Å²) in [4.78, 5) is 0. The lowest BCUT2D eigenvalue weighted by atomic mass is 9.94. The molecule has 0 unspecified atom stereocenters.